The van der Waals surface area contributed by atoms with Gasteiger partial charge in [0, 0.05) is 26.8 Å². The van der Waals surface area contributed by atoms with E-state index >= 15 is 0 Å². The number of carboxylic acids is 1. The van der Waals surface area contributed by atoms with Crippen LogP contribution in [-0.2, 0) is 11.2 Å². The molecule has 2 rings (SSSR count). The first-order valence-corrected chi connectivity index (χ1v) is 10.2. The Kier molecular flexibility index (Phi) is 8.17. The van der Waals surface area contributed by atoms with Gasteiger partial charge >= 0.3 is 5.97 Å². The monoisotopic (exact) mass is 407 g/mol. The van der Waals surface area contributed by atoms with E-state index in [0.29, 0.717) is 11.4 Å². The molecule has 0 radical (unpaired) electrons. The molecule has 1 atom stereocenters. The molecule has 4 nitrogen and oxygen atoms in total. The largest absolute Gasteiger partial charge is 0.481 e. The van der Waals surface area contributed by atoms with Gasteiger partial charge in [-0.05, 0) is 62.4 Å². The predicted molar refractivity (Wildman–Crippen MR) is 111 cm³/mol. The molecule has 0 aliphatic rings. The number of aliphatic hydroxyl groups is 1. The number of rotatable bonds is 10. The average Bonchev–Trinajstić information content (AvgIpc) is 2.62. The van der Waals surface area contributed by atoms with Crippen molar-refractivity contribution < 1.29 is 15.0 Å². The lowest BCUT2D eigenvalue weighted by Crippen LogP contribution is -2.44. The van der Waals surface area contributed by atoms with Crippen molar-refractivity contribution in [3.63, 3.8) is 0 Å². The number of nitrogens with two attached hydrogens (primary N) is 1. The van der Waals surface area contributed by atoms with Gasteiger partial charge in [-0.15, -0.1) is 0 Å². The van der Waals surface area contributed by atoms with Crippen LogP contribution >= 0.6 is 23.4 Å². The molecule has 0 saturated carbocycles. The third kappa shape index (κ3) is 7.18. The minimum Gasteiger partial charge on any atom is -0.481 e. The van der Waals surface area contributed by atoms with Crippen molar-refractivity contribution in [2.45, 2.75) is 54.4 Å². The number of carbonyl (C=O) groups is 1. The second-order valence-electron chi connectivity index (χ2n) is 6.94. The fourth-order valence-corrected chi connectivity index (χ4v) is 4.20. The maximum absolute atomic E-state index is 10.7. The summed E-state index contributed by atoms with van der Waals surface area (Å²) in [6.07, 6.45) is 2.25. The van der Waals surface area contributed by atoms with Crippen molar-refractivity contribution in [3.8, 4) is 0 Å². The predicted octanol–water partition coefficient (Wildman–Crippen LogP) is 4.68. The summed E-state index contributed by atoms with van der Waals surface area (Å²) in [5.41, 5.74) is 7.52. The smallest absolute Gasteiger partial charge is 0.303 e. The van der Waals surface area contributed by atoms with Crippen LogP contribution in [0.4, 0.5) is 0 Å². The molecular weight excluding hydrogens is 382 g/mol. The normalized spacial score (nSPS) is 13.3. The summed E-state index contributed by atoms with van der Waals surface area (Å²) in [5.74, 6) is -0.900. The highest BCUT2D eigenvalue weighted by Crippen LogP contribution is 2.32. The van der Waals surface area contributed by atoms with E-state index in [1.54, 1.807) is 11.8 Å². The Labute approximate surface area is 169 Å². The van der Waals surface area contributed by atoms with Crippen LogP contribution in [0.2, 0.25) is 5.02 Å². The van der Waals surface area contributed by atoms with Gasteiger partial charge in [0.1, 0.15) is 0 Å². The lowest BCUT2D eigenvalue weighted by atomic mass is 9.89. The zero-order valence-corrected chi connectivity index (χ0v) is 17.0. The molecule has 2 aromatic carbocycles. The number of hydrogen-bond donors (Lipinski definition) is 3. The number of aliphatic hydroxyl groups excluding tert-OH is 1. The minimum absolute atomic E-state index is 0.0390. The Bertz CT molecular complexity index is 784. The van der Waals surface area contributed by atoms with Crippen LogP contribution in [0.1, 0.15) is 36.8 Å². The molecule has 146 valence electrons. The summed E-state index contributed by atoms with van der Waals surface area (Å²) < 4.78 is 0. The molecule has 0 aliphatic carbocycles. The number of benzene rings is 2. The number of aliphatic carboxylic acids is 1. The van der Waals surface area contributed by atoms with E-state index in [0.717, 1.165) is 23.3 Å². The van der Waals surface area contributed by atoms with Gasteiger partial charge in [0.2, 0.25) is 0 Å². The molecule has 0 spiro atoms. The van der Waals surface area contributed by atoms with Crippen molar-refractivity contribution in [1.29, 1.82) is 0 Å². The standard InChI is InChI=1S/C21H26ClNO3S/c1-15-4-2-6-17(12-15)27-18-8-7-16(19(22)13-18)5-3-10-21(23,14-24)11-9-20(25)26/h2,4,6-8,12-13,24H,3,5,9-11,14,23H2,1H3,(H,25,26). The Morgan fingerprint density at radius 3 is 2.56 bits per heavy atom. The van der Waals surface area contributed by atoms with E-state index in [4.69, 9.17) is 22.4 Å². The molecule has 0 bridgehead atoms. The molecule has 0 amide bonds. The molecule has 1 unspecified atom stereocenters. The van der Waals surface area contributed by atoms with Crippen LogP contribution in [0.3, 0.4) is 0 Å². The highest BCUT2D eigenvalue weighted by Gasteiger charge is 2.24. The maximum atomic E-state index is 10.7. The second kappa shape index (κ2) is 10.1. The molecule has 4 N–H and O–H groups in total. The third-order valence-electron chi connectivity index (χ3n) is 4.52. The molecule has 2 aromatic rings. The second-order valence-corrected chi connectivity index (χ2v) is 8.49. The van der Waals surface area contributed by atoms with E-state index in [-0.39, 0.29) is 19.4 Å². The first-order chi connectivity index (χ1) is 12.8. The lowest BCUT2D eigenvalue weighted by Gasteiger charge is -2.26. The zero-order chi connectivity index (χ0) is 19.9. The van der Waals surface area contributed by atoms with Crippen LogP contribution in [0.5, 0.6) is 0 Å². The minimum atomic E-state index is -0.900. The molecule has 0 saturated heterocycles. The summed E-state index contributed by atoms with van der Waals surface area (Å²) in [7, 11) is 0. The van der Waals surface area contributed by atoms with Gasteiger partial charge in [0.25, 0.3) is 0 Å². The first kappa shape index (κ1) is 21.8. The van der Waals surface area contributed by atoms with Crippen molar-refractivity contribution >= 4 is 29.3 Å². The first-order valence-electron chi connectivity index (χ1n) is 8.96. The van der Waals surface area contributed by atoms with Crippen LogP contribution < -0.4 is 5.73 Å². The number of carboxylic acid groups (broad SMARTS) is 1. The van der Waals surface area contributed by atoms with E-state index in [1.807, 2.05) is 18.2 Å². The van der Waals surface area contributed by atoms with Gasteiger partial charge in [-0.3, -0.25) is 4.79 Å². The Morgan fingerprint density at radius 2 is 1.93 bits per heavy atom. The third-order valence-corrected chi connectivity index (χ3v) is 5.85. The number of halogens is 1. The summed E-state index contributed by atoms with van der Waals surface area (Å²) in [5, 5.41) is 19.0. The highest BCUT2D eigenvalue weighted by atomic mass is 35.5. The van der Waals surface area contributed by atoms with Crippen LogP contribution in [0, 0.1) is 6.92 Å². The van der Waals surface area contributed by atoms with Crippen LogP contribution in [-0.4, -0.2) is 28.3 Å². The maximum Gasteiger partial charge on any atom is 0.303 e. The van der Waals surface area contributed by atoms with Gasteiger partial charge in [0.05, 0.1) is 6.61 Å². The average molecular weight is 408 g/mol. The van der Waals surface area contributed by atoms with Gasteiger partial charge in [-0.25, -0.2) is 0 Å². The van der Waals surface area contributed by atoms with Gasteiger partial charge in [-0.2, -0.15) is 0 Å². The Balaban J connectivity index is 1.92. The fourth-order valence-electron chi connectivity index (χ4n) is 2.88. The van der Waals surface area contributed by atoms with E-state index < -0.39 is 11.5 Å². The lowest BCUT2D eigenvalue weighted by molar-refractivity contribution is -0.137. The summed E-state index contributed by atoms with van der Waals surface area (Å²) in [4.78, 5) is 13.0. The van der Waals surface area contributed by atoms with Gasteiger partial charge in [-0.1, -0.05) is 47.1 Å². The molecule has 0 fully saturated rings. The van der Waals surface area contributed by atoms with Crippen molar-refractivity contribution in [3.05, 3.63) is 58.6 Å². The van der Waals surface area contributed by atoms with Gasteiger partial charge in [0.15, 0.2) is 0 Å². The SMILES string of the molecule is Cc1cccc(Sc2ccc(CCCC(N)(CO)CCC(=O)O)c(Cl)c2)c1. The molecular formula is C21H26ClNO3S. The number of hydrogen-bond acceptors (Lipinski definition) is 4. The zero-order valence-electron chi connectivity index (χ0n) is 15.5. The summed E-state index contributed by atoms with van der Waals surface area (Å²) in [6.45, 7) is 1.85. The molecule has 0 aromatic heterocycles. The quantitative estimate of drug-likeness (QED) is 0.532. The van der Waals surface area contributed by atoms with Crippen molar-refractivity contribution in [2.24, 2.45) is 5.73 Å². The molecule has 0 heterocycles. The molecule has 6 heteroatoms. The Morgan fingerprint density at radius 1 is 1.19 bits per heavy atom. The van der Waals surface area contributed by atoms with Crippen molar-refractivity contribution in [1.82, 2.24) is 0 Å². The van der Waals surface area contributed by atoms with Crippen molar-refractivity contribution in [2.75, 3.05) is 6.61 Å². The van der Waals surface area contributed by atoms with Crippen LogP contribution in [0.15, 0.2) is 52.3 Å². The van der Waals surface area contributed by atoms with Crippen LogP contribution in [0.25, 0.3) is 0 Å². The topological polar surface area (TPSA) is 83.5 Å². The summed E-state index contributed by atoms with van der Waals surface area (Å²) >= 11 is 8.11. The molecule has 27 heavy (non-hydrogen) atoms. The van der Waals surface area contributed by atoms with Gasteiger partial charge < -0.3 is 15.9 Å². The number of aryl methyl sites for hydroxylation is 2. The van der Waals surface area contributed by atoms with E-state index in [9.17, 15) is 9.90 Å². The Hall–Kier alpha value is -1.53. The fraction of sp³-hybridized carbons (Fsp3) is 0.381. The van der Waals surface area contributed by atoms with E-state index in [1.165, 1.54) is 10.5 Å². The molecule has 0 aliphatic heterocycles. The highest BCUT2D eigenvalue weighted by molar-refractivity contribution is 7.99. The van der Waals surface area contributed by atoms with E-state index in [2.05, 4.69) is 31.2 Å². The summed E-state index contributed by atoms with van der Waals surface area (Å²) in [6, 6.07) is 14.4.